The first-order valence-electron chi connectivity index (χ1n) is 25.6. The Morgan fingerprint density at radius 2 is 0.684 bits per heavy atom. The zero-order valence-corrected chi connectivity index (χ0v) is 39.2. The van der Waals surface area contributed by atoms with Crippen molar-refractivity contribution in [3.8, 4) is 0 Å². The van der Waals surface area contributed by atoms with Crippen molar-refractivity contribution in [3.05, 3.63) is 0 Å². The summed E-state index contributed by atoms with van der Waals surface area (Å²) in [4.78, 5) is 22.0. The predicted molar refractivity (Wildman–Crippen MR) is 248 cm³/mol. The highest BCUT2D eigenvalue weighted by Crippen LogP contribution is 2.29. The van der Waals surface area contributed by atoms with Crippen LogP contribution >= 0.6 is 0 Å². The van der Waals surface area contributed by atoms with Gasteiger partial charge in [0, 0.05) is 6.42 Å². The Hall–Kier alpha value is -1.14. The second kappa shape index (κ2) is 47.5. The first-order chi connectivity index (χ1) is 27.8. The molecule has 0 radical (unpaired) electrons. The van der Waals surface area contributed by atoms with Crippen molar-refractivity contribution >= 4 is 11.9 Å². The number of esters is 1. The second-order valence-electron chi connectivity index (χ2n) is 17.8. The molecule has 0 aliphatic carbocycles. The number of ether oxygens (including phenoxy) is 1. The van der Waals surface area contributed by atoms with Crippen LogP contribution in [0.25, 0.3) is 0 Å². The van der Waals surface area contributed by atoms with Gasteiger partial charge >= 0.3 is 11.9 Å². The summed E-state index contributed by atoms with van der Waals surface area (Å²) in [7, 11) is 0. The molecule has 0 aliphatic heterocycles. The topological polar surface area (TPSA) is 110 Å². The van der Waals surface area contributed by atoms with Gasteiger partial charge in [0.25, 0.3) is 0 Å². The number of carboxylic acids is 1. The van der Waals surface area contributed by atoms with E-state index in [-0.39, 0.29) is 18.4 Å². The molecule has 0 aromatic carbocycles. The number of aliphatic hydroxyl groups is 1. The fraction of sp³-hybridized carbons (Fsp3) is 0.961. The third-order valence-corrected chi connectivity index (χ3v) is 12.0. The minimum absolute atomic E-state index is 0.102. The van der Waals surface area contributed by atoms with Gasteiger partial charge in [0.2, 0.25) is 0 Å². The van der Waals surface area contributed by atoms with Gasteiger partial charge in [-0.05, 0) is 32.1 Å². The minimum atomic E-state index is -0.943. The first kappa shape index (κ1) is 58.0. The number of nitrogens with two attached hydrogens (primary N) is 1. The van der Waals surface area contributed by atoms with Crippen LogP contribution in [0.15, 0.2) is 0 Å². The number of rotatable bonds is 45. The van der Waals surface area contributed by atoms with Gasteiger partial charge in [0.05, 0.1) is 12.2 Å². The van der Waals surface area contributed by atoms with Crippen LogP contribution in [0.5, 0.6) is 0 Å². The third kappa shape index (κ3) is 47.4. The van der Waals surface area contributed by atoms with Crippen LogP contribution in [-0.4, -0.2) is 40.4 Å². The molecule has 0 amide bonds. The van der Waals surface area contributed by atoms with Crippen LogP contribution in [0.4, 0.5) is 0 Å². The number of unbranched alkanes of at least 4 members (excludes halogenated alkanes) is 33. The summed E-state index contributed by atoms with van der Waals surface area (Å²) in [5.74, 6) is -1.43. The molecule has 1 unspecified atom stereocenters. The molecule has 6 nitrogen and oxygen atoms in total. The summed E-state index contributed by atoms with van der Waals surface area (Å²) in [5.41, 5.74) is 5.23. The van der Waals surface area contributed by atoms with Crippen LogP contribution in [0, 0.1) is 0 Å². The minimum Gasteiger partial charge on any atom is -0.481 e. The molecule has 0 saturated carbocycles. The molecule has 0 fully saturated rings. The third-order valence-electron chi connectivity index (χ3n) is 12.0. The maximum Gasteiger partial charge on any atom is 0.322 e. The van der Waals surface area contributed by atoms with E-state index in [0.29, 0.717) is 6.61 Å². The van der Waals surface area contributed by atoms with Gasteiger partial charge in [-0.2, -0.15) is 0 Å². The number of carbonyl (C=O) groups excluding carboxylic acids is 1. The van der Waals surface area contributed by atoms with E-state index < -0.39 is 18.0 Å². The highest BCUT2D eigenvalue weighted by Gasteiger charge is 2.25. The quantitative estimate of drug-likeness (QED) is 0.0417. The normalized spacial score (nSPS) is 12.0. The van der Waals surface area contributed by atoms with Gasteiger partial charge in [0.1, 0.15) is 6.04 Å². The Labute approximate surface area is 356 Å². The van der Waals surface area contributed by atoms with Crippen molar-refractivity contribution in [2.75, 3.05) is 6.61 Å². The first-order valence-corrected chi connectivity index (χ1v) is 25.6. The molecule has 0 rings (SSSR count). The fourth-order valence-corrected chi connectivity index (χ4v) is 7.94. The molecule has 0 bridgehead atoms. The van der Waals surface area contributed by atoms with E-state index >= 15 is 0 Å². The van der Waals surface area contributed by atoms with E-state index in [4.69, 9.17) is 15.6 Å². The van der Waals surface area contributed by atoms with Crippen LogP contribution in [0.1, 0.15) is 297 Å². The summed E-state index contributed by atoms with van der Waals surface area (Å²) >= 11 is 0. The number of carboxylic acid groups (broad SMARTS) is 1. The van der Waals surface area contributed by atoms with Crippen LogP contribution in [0.3, 0.4) is 0 Å². The summed E-state index contributed by atoms with van der Waals surface area (Å²) < 4.78 is 5.10. The lowest BCUT2D eigenvalue weighted by Gasteiger charge is -2.29. The monoisotopic (exact) mass is 810 g/mol. The largest absolute Gasteiger partial charge is 0.481 e. The molecular formula is C51H103NO5. The van der Waals surface area contributed by atoms with Crippen molar-refractivity contribution in [3.63, 3.8) is 0 Å². The van der Waals surface area contributed by atoms with Gasteiger partial charge in [-0.3, -0.25) is 9.59 Å². The van der Waals surface area contributed by atoms with Gasteiger partial charge in [-0.1, -0.05) is 259 Å². The lowest BCUT2D eigenvalue weighted by Crippen LogP contribution is -2.33. The predicted octanol–water partition coefficient (Wildman–Crippen LogP) is 16.1. The van der Waals surface area contributed by atoms with Crippen molar-refractivity contribution in [2.24, 2.45) is 5.73 Å². The lowest BCUT2D eigenvalue weighted by molar-refractivity contribution is -0.145. The molecule has 0 aromatic heterocycles. The van der Waals surface area contributed by atoms with Crippen LogP contribution in [0.2, 0.25) is 0 Å². The second-order valence-corrected chi connectivity index (χ2v) is 17.8. The fourth-order valence-electron chi connectivity index (χ4n) is 7.94. The summed E-state index contributed by atoms with van der Waals surface area (Å²) in [6.45, 7) is 9.51. The van der Waals surface area contributed by atoms with Crippen LogP contribution in [-0.2, 0) is 14.3 Å². The molecule has 6 heteroatoms. The zero-order valence-electron chi connectivity index (χ0n) is 39.2. The highest BCUT2D eigenvalue weighted by molar-refractivity contribution is 5.76. The molecule has 0 aromatic rings. The van der Waals surface area contributed by atoms with Gasteiger partial charge < -0.3 is 20.7 Å². The standard InChI is InChI=1S/C28H58O.C23H45NO4/c1-4-7-10-13-16-17-18-21-24-27-28(29,25-22-19-14-11-8-5-2)26-23-20-15-12-9-6-3;1-2-3-4-5-6-7-8-9-10-11-12-13-14-15-16-17-20-28-23(27)21(24)18-19-22(25)26/h29H,4-27H2,1-3H3;21H,2-20,24H2,1H3,(H,25,26). The molecule has 0 heterocycles. The molecule has 342 valence electrons. The van der Waals surface area contributed by atoms with Crippen molar-refractivity contribution < 1.29 is 24.5 Å². The average molecular weight is 810 g/mol. The number of carbonyl (C=O) groups is 2. The molecule has 0 saturated heterocycles. The number of hydrogen-bond acceptors (Lipinski definition) is 5. The Kier molecular flexibility index (Phi) is 48.3. The molecule has 57 heavy (non-hydrogen) atoms. The smallest absolute Gasteiger partial charge is 0.322 e. The van der Waals surface area contributed by atoms with Gasteiger partial charge in [-0.25, -0.2) is 0 Å². The van der Waals surface area contributed by atoms with Crippen molar-refractivity contribution in [1.82, 2.24) is 0 Å². The van der Waals surface area contributed by atoms with Crippen molar-refractivity contribution in [1.29, 1.82) is 0 Å². The lowest BCUT2D eigenvalue weighted by atomic mass is 9.85. The van der Waals surface area contributed by atoms with E-state index in [1.165, 1.54) is 225 Å². The maximum absolute atomic E-state index is 11.6. The van der Waals surface area contributed by atoms with E-state index in [1.807, 2.05) is 0 Å². The maximum atomic E-state index is 11.6. The molecule has 1 atom stereocenters. The van der Waals surface area contributed by atoms with Gasteiger partial charge in [-0.15, -0.1) is 0 Å². The Balaban J connectivity index is 0. The van der Waals surface area contributed by atoms with E-state index in [9.17, 15) is 14.7 Å². The number of hydrogen-bond donors (Lipinski definition) is 3. The Morgan fingerprint density at radius 3 is 0.947 bits per heavy atom. The molecule has 4 N–H and O–H groups in total. The van der Waals surface area contributed by atoms with E-state index in [2.05, 4.69) is 27.7 Å². The van der Waals surface area contributed by atoms with Gasteiger partial charge in [0.15, 0.2) is 0 Å². The van der Waals surface area contributed by atoms with Crippen molar-refractivity contribution in [2.45, 2.75) is 309 Å². The Bertz CT molecular complexity index is 788. The average Bonchev–Trinajstić information content (AvgIpc) is 3.20. The zero-order chi connectivity index (χ0) is 42.3. The molecule has 0 spiro atoms. The molecule has 0 aliphatic rings. The van der Waals surface area contributed by atoms with E-state index in [1.54, 1.807) is 0 Å². The van der Waals surface area contributed by atoms with Crippen LogP contribution < -0.4 is 5.73 Å². The molecular weight excluding hydrogens is 707 g/mol. The number of aliphatic carboxylic acids is 1. The Morgan fingerprint density at radius 1 is 0.439 bits per heavy atom. The highest BCUT2D eigenvalue weighted by atomic mass is 16.5. The van der Waals surface area contributed by atoms with E-state index in [0.717, 1.165) is 32.1 Å². The summed E-state index contributed by atoms with van der Waals surface area (Å²) in [6, 6.07) is -0.822. The summed E-state index contributed by atoms with van der Waals surface area (Å²) in [5, 5.41) is 19.9. The summed E-state index contributed by atoms with van der Waals surface area (Å²) in [6.07, 6.45) is 52.4. The SMILES string of the molecule is CCCCCCCCCCCC(O)(CCCCCCCC)CCCCCCCC.CCCCCCCCCCCCCCCCCCOC(=O)C(N)CCC(=O)O.